The Morgan fingerprint density at radius 2 is 2.29 bits per heavy atom. The minimum Gasteiger partial charge on any atom is -0.322 e. The Hall–Kier alpha value is -1.53. The van der Waals surface area contributed by atoms with E-state index in [1.54, 1.807) is 0 Å². The molecule has 2 N–H and O–H groups in total. The Bertz CT molecular complexity index is 490. The van der Waals surface area contributed by atoms with Gasteiger partial charge in [0.25, 0.3) is 0 Å². The number of hydrogen-bond donors (Lipinski definition) is 2. The summed E-state index contributed by atoms with van der Waals surface area (Å²) in [6, 6.07) is 3.34. The van der Waals surface area contributed by atoms with Crippen molar-refractivity contribution in [3.8, 4) is 0 Å². The summed E-state index contributed by atoms with van der Waals surface area (Å²) in [5, 5.41) is 5.75. The molecule has 0 spiro atoms. The van der Waals surface area contributed by atoms with E-state index in [-0.39, 0.29) is 18.1 Å². The molecule has 1 heterocycles. The van der Waals surface area contributed by atoms with Crippen molar-refractivity contribution >= 4 is 11.6 Å². The lowest BCUT2D eigenvalue weighted by Crippen LogP contribution is -2.48. The number of nitrogens with one attached hydrogen (secondary N) is 2. The first-order chi connectivity index (χ1) is 10.1. The Labute approximate surface area is 123 Å². The van der Waals surface area contributed by atoms with Gasteiger partial charge in [0, 0.05) is 18.7 Å². The van der Waals surface area contributed by atoms with Crippen molar-refractivity contribution in [2.45, 2.75) is 25.8 Å². The zero-order valence-electron chi connectivity index (χ0n) is 12.2. The van der Waals surface area contributed by atoms with Crippen LogP contribution in [0.4, 0.5) is 14.5 Å². The summed E-state index contributed by atoms with van der Waals surface area (Å²) in [6.45, 7) is 4.78. The van der Waals surface area contributed by atoms with Crippen molar-refractivity contribution in [3.63, 3.8) is 0 Å². The van der Waals surface area contributed by atoms with Crippen LogP contribution in [-0.4, -0.2) is 43.0 Å². The van der Waals surface area contributed by atoms with E-state index in [1.807, 2.05) is 6.92 Å². The average molecular weight is 297 g/mol. The van der Waals surface area contributed by atoms with Crippen molar-refractivity contribution in [1.82, 2.24) is 10.2 Å². The summed E-state index contributed by atoms with van der Waals surface area (Å²) in [7, 11) is 0. The second kappa shape index (κ2) is 7.47. The van der Waals surface area contributed by atoms with E-state index in [2.05, 4.69) is 15.5 Å². The number of anilines is 1. The molecule has 4 nitrogen and oxygen atoms in total. The van der Waals surface area contributed by atoms with Crippen LogP contribution in [0.1, 0.15) is 19.8 Å². The normalized spacial score (nSPS) is 18.8. The third-order valence-electron chi connectivity index (χ3n) is 3.74. The molecule has 2 rings (SSSR count). The van der Waals surface area contributed by atoms with Gasteiger partial charge in [-0.3, -0.25) is 9.69 Å². The summed E-state index contributed by atoms with van der Waals surface area (Å²) in [5.74, 6) is -1.53. The third-order valence-corrected chi connectivity index (χ3v) is 3.74. The molecule has 0 aliphatic carbocycles. The number of rotatable bonds is 5. The standard InChI is InChI=1S/C15H21F2N3O/c1-2-20(12-4-3-7-18-9-12)10-15(21)19-14-8-11(16)5-6-13(14)17/h5-6,8,12,18H,2-4,7,9-10H2,1H3,(H,19,21). The number of piperidine rings is 1. The van der Waals surface area contributed by atoms with Crippen LogP contribution in [0, 0.1) is 11.6 Å². The minimum absolute atomic E-state index is 0.113. The molecule has 1 aliphatic rings. The molecule has 116 valence electrons. The largest absolute Gasteiger partial charge is 0.322 e. The van der Waals surface area contributed by atoms with Crippen LogP contribution in [0.5, 0.6) is 0 Å². The summed E-state index contributed by atoms with van der Waals surface area (Å²) in [6.07, 6.45) is 2.13. The molecule has 6 heteroatoms. The summed E-state index contributed by atoms with van der Waals surface area (Å²) in [5.41, 5.74) is -0.113. The highest BCUT2D eigenvalue weighted by atomic mass is 19.1. The first kappa shape index (κ1) is 15.9. The van der Waals surface area contributed by atoms with Gasteiger partial charge in [-0.2, -0.15) is 0 Å². The van der Waals surface area contributed by atoms with Crippen LogP contribution >= 0.6 is 0 Å². The number of halogens is 2. The predicted octanol–water partition coefficient (Wildman–Crippen LogP) is 1.98. The fourth-order valence-electron chi connectivity index (χ4n) is 2.61. The van der Waals surface area contributed by atoms with E-state index in [4.69, 9.17) is 0 Å². The molecule has 1 aromatic carbocycles. The van der Waals surface area contributed by atoms with Crippen LogP contribution in [-0.2, 0) is 4.79 Å². The van der Waals surface area contributed by atoms with E-state index >= 15 is 0 Å². The number of carbonyl (C=O) groups excluding carboxylic acids is 1. The zero-order chi connectivity index (χ0) is 15.2. The van der Waals surface area contributed by atoms with E-state index in [1.165, 1.54) is 0 Å². The molecular weight excluding hydrogens is 276 g/mol. The lowest BCUT2D eigenvalue weighted by atomic mass is 10.1. The summed E-state index contributed by atoms with van der Waals surface area (Å²) >= 11 is 0. The van der Waals surface area contributed by atoms with Crippen LogP contribution < -0.4 is 10.6 Å². The highest BCUT2D eigenvalue weighted by molar-refractivity contribution is 5.92. The lowest BCUT2D eigenvalue weighted by molar-refractivity contribution is -0.117. The van der Waals surface area contributed by atoms with Gasteiger partial charge >= 0.3 is 0 Å². The topological polar surface area (TPSA) is 44.4 Å². The van der Waals surface area contributed by atoms with Crippen molar-refractivity contribution in [2.75, 3.05) is 31.5 Å². The van der Waals surface area contributed by atoms with E-state index in [0.29, 0.717) is 6.04 Å². The SMILES string of the molecule is CCN(CC(=O)Nc1cc(F)ccc1F)C1CCCNC1. The first-order valence-corrected chi connectivity index (χ1v) is 7.30. The van der Waals surface area contributed by atoms with E-state index in [9.17, 15) is 13.6 Å². The van der Waals surface area contributed by atoms with Gasteiger partial charge in [-0.05, 0) is 38.1 Å². The fraction of sp³-hybridized carbons (Fsp3) is 0.533. The molecule has 0 radical (unpaired) electrons. The molecule has 0 aromatic heterocycles. The Morgan fingerprint density at radius 1 is 1.48 bits per heavy atom. The minimum atomic E-state index is -0.632. The van der Waals surface area contributed by atoms with E-state index < -0.39 is 11.6 Å². The maximum Gasteiger partial charge on any atom is 0.238 e. The highest BCUT2D eigenvalue weighted by Gasteiger charge is 2.22. The molecule has 1 fully saturated rings. The van der Waals surface area contributed by atoms with Gasteiger partial charge in [0.1, 0.15) is 11.6 Å². The van der Waals surface area contributed by atoms with Crippen molar-refractivity contribution in [2.24, 2.45) is 0 Å². The zero-order valence-corrected chi connectivity index (χ0v) is 12.2. The average Bonchev–Trinajstić information content (AvgIpc) is 2.49. The predicted molar refractivity (Wildman–Crippen MR) is 78.1 cm³/mol. The second-order valence-corrected chi connectivity index (χ2v) is 5.24. The first-order valence-electron chi connectivity index (χ1n) is 7.30. The molecule has 1 atom stereocenters. The molecule has 1 unspecified atom stereocenters. The van der Waals surface area contributed by atoms with Crippen LogP contribution in [0.25, 0.3) is 0 Å². The van der Waals surface area contributed by atoms with E-state index in [0.717, 1.165) is 50.7 Å². The second-order valence-electron chi connectivity index (χ2n) is 5.24. The molecule has 1 amide bonds. The van der Waals surface area contributed by atoms with Crippen LogP contribution in [0.15, 0.2) is 18.2 Å². The molecule has 0 bridgehead atoms. The number of carbonyl (C=O) groups is 1. The van der Waals surface area contributed by atoms with Gasteiger partial charge in [0.15, 0.2) is 0 Å². The molecule has 1 aromatic rings. The Balaban J connectivity index is 1.94. The molecule has 21 heavy (non-hydrogen) atoms. The molecule has 1 aliphatic heterocycles. The van der Waals surface area contributed by atoms with Crippen molar-refractivity contribution < 1.29 is 13.6 Å². The summed E-state index contributed by atoms with van der Waals surface area (Å²) in [4.78, 5) is 14.1. The van der Waals surface area contributed by atoms with Gasteiger partial charge in [-0.15, -0.1) is 0 Å². The maximum atomic E-state index is 13.5. The number of hydrogen-bond acceptors (Lipinski definition) is 3. The van der Waals surface area contributed by atoms with Crippen molar-refractivity contribution in [1.29, 1.82) is 0 Å². The molecule has 1 saturated heterocycles. The number of amides is 1. The van der Waals surface area contributed by atoms with Gasteiger partial charge in [-0.1, -0.05) is 6.92 Å². The monoisotopic (exact) mass is 297 g/mol. The fourth-order valence-corrected chi connectivity index (χ4v) is 2.61. The van der Waals surface area contributed by atoms with Gasteiger partial charge in [0.2, 0.25) is 5.91 Å². The van der Waals surface area contributed by atoms with Crippen LogP contribution in [0.2, 0.25) is 0 Å². The van der Waals surface area contributed by atoms with Gasteiger partial charge in [-0.25, -0.2) is 8.78 Å². The summed E-state index contributed by atoms with van der Waals surface area (Å²) < 4.78 is 26.6. The number of benzene rings is 1. The smallest absolute Gasteiger partial charge is 0.238 e. The quantitative estimate of drug-likeness (QED) is 0.873. The highest BCUT2D eigenvalue weighted by Crippen LogP contribution is 2.16. The Kier molecular flexibility index (Phi) is 5.64. The van der Waals surface area contributed by atoms with Gasteiger partial charge in [0.05, 0.1) is 12.2 Å². The van der Waals surface area contributed by atoms with Gasteiger partial charge < -0.3 is 10.6 Å². The molecular formula is C15H21F2N3O. The van der Waals surface area contributed by atoms with Crippen molar-refractivity contribution in [3.05, 3.63) is 29.8 Å². The number of likely N-dealkylation sites (N-methyl/N-ethyl adjacent to an activating group) is 1. The lowest BCUT2D eigenvalue weighted by Gasteiger charge is -2.33. The third kappa shape index (κ3) is 4.47. The molecule has 0 saturated carbocycles. The Morgan fingerprint density at radius 3 is 2.95 bits per heavy atom. The van der Waals surface area contributed by atoms with Crippen LogP contribution in [0.3, 0.4) is 0 Å². The number of nitrogens with zero attached hydrogens (tertiary/aromatic N) is 1. The maximum absolute atomic E-state index is 13.5.